The van der Waals surface area contributed by atoms with Crippen molar-refractivity contribution in [3.8, 4) is 0 Å². The predicted molar refractivity (Wildman–Crippen MR) is 53.4 cm³/mol. The maximum Gasteiger partial charge on any atom is 0.398 e. The van der Waals surface area contributed by atoms with Gasteiger partial charge in [0.1, 0.15) is 12.2 Å². The van der Waals surface area contributed by atoms with E-state index in [-0.39, 0.29) is 0 Å². The van der Waals surface area contributed by atoms with E-state index in [2.05, 4.69) is 12.5 Å². The molecule has 0 saturated heterocycles. The van der Waals surface area contributed by atoms with Crippen LogP contribution in [-0.4, -0.2) is 53.5 Å². The standard InChI is InChI=1S/C4H10O11S3/c1-4(2-13-16(5)6,15-18(10,11)12)3-14-17(7,8)9/h2-3H2,1H3,(H,5,6)(H,7,8,9)(H,10,11,12)/p-1. The van der Waals surface area contributed by atoms with E-state index in [9.17, 15) is 25.6 Å². The molecule has 2 atom stereocenters. The van der Waals surface area contributed by atoms with Crippen molar-refractivity contribution in [2.45, 2.75) is 12.5 Å². The third kappa shape index (κ3) is 9.80. The van der Waals surface area contributed by atoms with Gasteiger partial charge < -0.3 is 4.55 Å². The largest absolute Gasteiger partial charge is 0.750 e. The fourth-order valence-electron chi connectivity index (χ4n) is 0.716. The van der Waals surface area contributed by atoms with E-state index in [0.717, 1.165) is 6.92 Å². The Bertz CT molecular complexity index is 490. The van der Waals surface area contributed by atoms with Crippen LogP contribution in [-0.2, 0) is 44.7 Å². The van der Waals surface area contributed by atoms with Crippen LogP contribution in [0.15, 0.2) is 0 Å². The van der Waals surface area contributed by atoms with E-state index < -0.39 is 51.0 Å². The van der Waals surface area contributed by atoms with Crippen LogP contribution in [0.4, 0.5) is 0 Å². The van der Waals surface area contributed by atoms with E-state index in [4.69, 9.17) is 9.11 Å². The topological polar surface area (TPSA) is 177 Å². The highest BCUT2D eigenvalue weighted by molar-refractivity contribution is 7.81. The van der Waals surface area contributed by atoms with Crippen molar-refractivity contribution in [2.75, 3.05) is 13.2 Å². The monoisotopic (exact) mass is 329 g/mol. The van der Waals surface area contributed by atoms with Gasteiger partial charge in [-0.2, -0.15) is 16.8 Å². The first-order chi connectivity index (χ1) is 7.83. The molecule has 0 radical (unpaired) electrons. The zero-order valence-electron chi connectivity index (χ0n) is 8.71. The lowest BCUT2D eigenvalue weighted by atomic mass is 10.1. The quantitative estimate of drug-likeness (QED) is 0.379. The van der Waals surface area contributed by atoms with E-state index in [0.29, 0.717) is 0 Å². The van der Waals surface area contributed by atoms with Crippen molar-refractivity contribution in [1.82, 2.24) is 0 Å². The Morgan fingerprint density at radius 3 is 2.00 bits per heavy atom. The normalized spacial score (nSPS) is 18.2. The fourth-order valence-corrected chi connectivity index (χ4v) is 2.06. The molecule has 0 aliphatic rings. The van der Waals surface area contributed by atoms with Gasteiger partial charge in [0, 0.05) is 0 Å². The van der Waals surface area contributed by atoms with Gasteiger partial charge in [0.15, 0.2) is 0 Å². The summed E-state index contributed by atoms with van der Waals surface area (Å²) in [7, 11) is -9.95. The summed E-state index contributed by atoms with van der Waals surface area (Å²) in [5, 5.41) is 0. The molecule has 0 aromatic rings. The lowest BCUT2D eigenvalue weighted by Crippen LogP contribution is -2.42. The highest BCUT2D eigenvalue weighted by Crippen LogP contribution is 2.16. The average Bonchev–Trinajstić information content (AvgIpc) is 2.08. The second-order valence-electron chi connectivity index (χ2n) is 3.12. The van der Waals surface area contributed by atoms with E-state index in [1.54, 1.807) is 0 Å². The molecule has 18 heavy (non-hydrogen) atoms. The molecule has 0 aromatic carbocycles. The van der Waals surface area contributed by atoms with Crippen LogP contribution in [0.1, 0.15) is 6.92 Å². The molecule has 0 amide bonds. The van der Waals surface area contributed by atoms with E-state index in [1.807, 2.05) is 0 Å². The Hall–Kier alpha value is -0.190. The van der Waals surface area contributed by atoms with Gasteiger partial charge in [-0.1, -0.05) is 0 Å². The summed E-state index contributed by atoms with van der Waals surface area (Å²) in [6, 6.07) is 0. The van der Waals surface area contributed by atoms with Gasteiger partial charge in [0.25, 0.3) is 0 Å². The second kappa shape index (κ2) is 6.31. The molecule has 0 aromatic heterocycles. The van der Waals surface area contributed by atoms with Crippen molar-refractivity contribution in [3.63, 3.8) is 0 Å². The molecule has 0 rings (SSSR count). The Morgan fingerprint density at radius 1 is 1.17 bits per heavy atom. The number of rotatable bonds is 8. The average molecular weight is 329 g/mol. The van der Waals surface area contributed by atoms with Crippen LogP contribution in [0.5, 0.6) is 0 Å². The van der Waals surface area contributed by atoms with E-state index >= 15 is 0 Å². The molecule has 14 heteroatoms. The van der Waals surface area contributed by atoms with Crippen LogP contribution in [0, 0.1) is 0 Å². The maximum atomic E-state index is 10.5. The summed E-state index contributed by atoms with van der Waals surface area (Å²) in [6.07, 6.45) is 0. The SMILES string of the molecule is CC(COS(=O)[O-])(COS(=O)(=O)O)OS(=O)(=O)O. The van der Waals surface area contributed by atoms with Crippen molar-refractivity contribution in [3.05, 3.63) is 0 Å². The molecule has 0 saturated carbocycles. The molecule has 0 aliphatic heterocycles. The minimum Gasteiger partial charge on any atom is -0.750 e. The molecular formula is C4H9O11S3-. The molecule has 11 nitrogen and oxygen atoms in total. The van der Waals surface area contributed by atoms with Crippen LogP contribution in [0.25, 0.3) is 0 Å². The van der Waals surface area contributed by atoms with Crippen LogP contribution < -0.4 is 0 Å². The highest BCUT2D eigenvalue weighted by Gasteiger charge is 2.34. The first kappa shape index (κ1) is 17.8. The molecular weight excluding hydrogens is 320 g/mol. The summed E-state index contributed by atoms with van der Waals surface area (Å²) in [5.41, 5.74) is -2.19. The Balaban J connectivity index is 4.85. The highest BCUT2D eigenvalue weighted by atomic mass is 32.3. The Morgan fingerprint density at radius 2 is 1.67 bits per heavy atom. The zero-order chi connectivity index (χ0) is 14.6. The lowest BCUT2D eigenvalue weighted by molar-refractivity contribution is -0.00643. The smallest absolute Gasteiger partial charge is 0.398 e. The van der Waals surface area contributed by atoms with Crippen molar-refractivity contribution in [2.24, 2.45) is 0 Å². The summed E-state index contributed by atoms with van der Waals surface area (Å²) in [4.78, 5) is 0. The third-order valence-corrected chi connectivity index (χ3v) is 2.62. The molecule has 0 heterocycles. The zero-order valence-corrected chi connectivity index (χ0v) is 11.2. The van der Waals surface area contributed by atoms with Crippen LogP contribution >= 0.6 is 0 Å². The van der Waals surface area contributed by atoms with Gasteiger partial charge in [-0.25, -0.2) is 12.6 Å². The lowest BCUT2D eigenvalue weighted by Gasteiger charge is -2.26. The molecule has 0 spiro atoms. The molecule has 2 unspecified atom stereocenters. The van der Waals surface area contributed by atoms with Crippen LogP contribution in [0.3, 0.4) is 0 Å². The van der Waals surface area contributed by atoms with Crippen molar-refractivity contribution >= 4 is 32.2 Å². The van der Waals surface area contributed by atoms with Gasteiger partial charge in [0.2, 0.25) is 0 Å². The predicted octanol–water partition coefficient (Wildman–Crippen LogP) is -1.81. The van der Waals surface area contributed by atoms with Gasteiger partial charge in [-0.15, -0.1) is 0 Å². The minimum atomic E-state index is -5.03. The van der Waals surface area contributed by atoms with Gasteiger partial charge in [0.05, 0.1) is 18.0 Å². The van der Waals surface area contributed by atoms with Crippen molar-refractivity contribution in [1.29, 1.82) is 0 Å². The molecule has 0 bridgehead atoms. The first-order valence-electron chi connectivity index (χ1n) is 3.85. The second-order valence-corrected chi connectivity index (χ2v) is 5.87. The maximum absolute atomic E-state index is 10.5. The number of hydrogen-bond donors (Lipinski definition) is 2. The van der Waals surface area contributed by atoms with E-state index in [1.165, 1.54) is 0 Å². The Labute approximate surface area is 105 Å². The number of hydrogen-bond acceptors (Lipinski definition) is 9. The van der Waals surface area contributed by atoms with Crippen LogP contribution in [0.2, 0.25) is 0 Å². The summed E-state index contributed by atoms with van der Waals surface area (Å²) in [5.74, 6) is 0. The third-order valence-electron chi connectivity index (χ3n) is 1.28. The fraction of sp³-hybridized carbons (Fsp3) is 1.00. The summed E-state index contributed by atoms with van der Waals surface area (Å²) < 4.78 is 90.2. The molecule has 2 N–H and O–H groups in total. The summed E-state index contributed by atoms with van der Waals surface area (Å²) in [6.45, 7) is -1.25. The van der Waals surface area contributed by atoms with Gasteiger partial charge >= 0.3 is 20.8 Å². The van der Waals surface area contributed by atoms with Crippen molar-refractivity contribution < 1.29 is 47.3 Å². The minimum absolute atomic E-state index is 0.860. The summed E-state index contributed by atoms with van der Waals surface area (Å²) >= 11 is -3.04. The molecule has 0 fully saturated rings. The van der Waals surface area contributed by atoms with Gasteiger partial charge in [-0.3, -0.25) is 13.3 Å². The molecule has 0 aliphatic carbocycles. The Kier molecular flexibility index (Phi) is 6.24. The first-order valence-corrected chi connectivity index (χ1v) is 7.58. The molecule has 110 valence electrons. The van der Waals surface area contributed by atoms with Gasteiger partial charge in [-0.05, 0) is 6.92 Å².